The molecule has 296 valence electrons. The summed E-state index contributed by atoms with van der Waals surface area (Å²) in [4.78, 5) is 13.9. The van der Waals surface area contributed by atoms with Crippen LogP contribution in [0, 0.1) is 0 Å². The number of urea groups is 1. The lowest BCUT2D eigenvalue weighted by Crippen LogP contribution is -3.00. The Bertz CT molecular complexity index is 2690. The van der Waals surface area contributed by atoms with Crippen LogP contribution in [-0.4, -0.2) is 6.03 Å². The Balaban J connectivity index is 0.00000528. The van der Waals surface area contributed by atoms with Gasteiger partial charge in [0, 0.05) is 16.8 Å². The van der Waals surface area contributed by atoms with Crippen LogP contribution >= 0.6 is 7.26 Å². The summed E-state index contributed by atoms with van der Waals surface area (Å²) in [5.41, 5.74) is -0.790. The topological polar surface area (TPSA) is 41.1 Å². The second kappa shape index (κ2) is 16.7. The molecule has 0 unspecified atom stereocenters. The summed E-state index contributed by atoms with van der Waals surface area (Å²) in [5.74, 6) is 0. The van der Waals surface area contributed by atoms with Crippen molar-refractivity contribution in [3.8, 4) is 11.1 Å². The van der Waals surface area contributed by atoms with E-state index in [-0.39, 0.29) is 23.0 Å². The van der Waals surface area contributed by atoms with E-state index in [1.165, 1.54) is 0 Å². The first-order chi connectivity index (χ1) is 27.9. The number of hydrogen-bond acceptors (Lipinski definition) is 1. The third-order valence-corrected chi connectivity index (χ3v) is 14.6. The van der Waals surface area contributed by atoms with Crippen LogP contribution in [0.25, 0.3) is 32.7 Å². The van der Waals surface area contributed by atoms with Crippen molar-refractivity contribution >= 4 is 62.1 Å². The Kier molecular flexibility index (Phi) is 11.7. The van der Waals surface area contributed by atoms with Crippen LogP contribution in [0.4, 0.5) is 42.5 Å². The molecule has 11 heteroatoms. The number of carbonyl (C=O) groups excluding carboxylic acids is 1. The Morgan fingerprint density at radius 1 is 0.492 bits per heavy atom. The van der Waals surface area contributed by atoms with Crippen molar-refractivity contribution in [2.45, 2.75) is 18.5 Å². The highest BCUT2D eigenvalue weighted by atomic mass is 79.9. The lowest BCUT2D eigenvalue weighted by molar-refractivity contribution is -0.143. The van der Waals surface area contributed by atoms with Crippen LogP contribution in [0.3, 0.4) is 0 Å². The Morgan fingerprint density at radius 2 is 0.949 bits per heavy atom. The molecule has 0 spiro atoms. The fourth-order valence-corrected chi connectivity index (χ4v) is 12.2. The van der Waals surface area contributed by atoms with Crippen LogP contribution in [-0.2, 0) is 18.5 Å². The summed E-state index contributed by atoms with van der Waals surface area (Å²) in [6.45, 7) is 0. The van der Waals surface area contributed by atoms with E-state index in [2.05, 4.69) is 59.2 Å². The van der Waals surface area contributed by atoms with Crippen LogP contribution in [0.5, 0.6) is 0 Å². The summed E-state index contributed by atoms with van der Waals surface area (Å²) in [7, 11) is -2.65. The van der Waals surface area contributed by atoms with E-state index in [0.29, 0.717) is 29.5 Å². The number of amides is 2. The van der Waals surface area contributed by atoms with Crippen molar-refractivity contribution in [3.63, 3.8) is 0 Å². The molecule has 2 N–H and O–H groups in total. The molecule has 0 atom stereocenters. The van der Waals surface area contributed by atoms with Gasteiger partial charge in [-0.1, -0.05) is 127 Å². The molecule has 8 aromatic carbocycles. The first-order valence-electron chi connectivity index (χ1n) is 18.4. The van der Waals surface area contributed by atoms with Gasteiger partial charge >= 0.3 is 18.4 Å². The van der Waals surface area contributed by atoms with Gasteiger partial charge in [-0.2, -0.15) is 26.3 Å². The molecular weight excluding hydrogens is 845 g/mol. The van der Waals surface area contributed by atoms with Gasteiger partial charge in [0.05, 0.1) is 23.0 Å². The van der Waals surface area contributed by atoms with Gasteiger partial charge in [-0.3, -0.25) is 0 Å². The minimum atomic E-state index is -5.09. The third kappa shape index (κ3) is 8.33. The zero-order valence-electron chi connectivity index (χ0n) is 31.0. The fraction of sp³-hybridized carbons (Fsp3) is 0.0625. The molecule has 0 aliphatic carbocycles. The highest BCUT2D eigenvalue weighted by molar-refractivity contribution is 7.95. The number of carbonyl (C=O) groups is 1. The summed E-state index contributed by atoms with van der Waals surface area (Å²) >= 11 is 0. The first-order valence-corrected chi connectivity index (χ1v) is 20.3. The summed E-state index contributed by atoms with van der Waals surface area (Å²) in [6, 6.07) is 54.5. The molecule has 8 rings (SSSR count). The SMILES string of the molecule is O=C(Nc1cc(C(F)(F)F)cc(C(F)(F)F)c1)Nc1ccc2ccccc2c1-c1c([P+](Cc2ccccc2)(c2ccccc2)c2ccccc2)ccc2ccccc12.[Br-]. The van der Waals surface area contributed by atoms with Crippen molar-refractivity contribution < 1.29 is 48.1 Å². The Hall–Kier alpha value is -5.96. The van der Waals surface area contributed by atoms with Gasteiger partial charge in [0.2, 0.25) is 0 Å². The number of hydrogen-bond donors (Lipinski definition) is 2. The van der Waals surface area contributed by atoms with Crippen molar-refractivity contribution in [1.29, 1.82) is 0 Å². The van der Waals surface area contributed by atoms with Gasteiger partial charge in [-0.25, -0.2) is 4.79 Å². The van der Waals surface area contributed by atoms with Gasteiger partial charge in [-0.15, -0.1) is 0 Å². The standard InChI is InChI=1S/C48H33F6N2OP.BrH/c49-47(50,51)35-28-36(48(52,53)54)30-37(29-35)55-46(57)56-42-26-24-33-16-10-12-22-40(33)44(42)45-41-23-13-11-17-34(41)25-27-43(45)58(38-18-6-2-7-19-38,39-20-8-3-9-21-39)31-32-14-4-1-5-15-32;/h1-30H,31H2,(H-,55,56,57);1H. The van der Waals surface area contributed by atoms with Crippen LogP contribution in [0.1, 0.15) is 16.7 Å². The highest BCUT2D eigenvalue weighted by Gasteiger charge is 2.48. The van der Waals surface area contributed by atoms with E-state index in [0.717, 1.165) is 48.6 Å². The molecule has 0 saturated heterocycles. The fourth-order valence-electron chi connectivity index (χ4n) is 7.71. The quantitative estimate of drug-likeness (QED) is 0.116. The third-order valence-electron chi connectivity index (χ3n) is 10.2. The maximum absolute atomic E-state index is 13.9. The second-order valence-electron chi connectivity index (χ2n) is 13.9. The summed E-state index contributed by atoms with van der Waals surface area (Å²) in [5, 5.41) is 11.9. The van der Waals surface area contributed by atoms with Crippen LogP contribution in [0.2, 0.25) is 0 Å². The van der Waals surface area contributed by atoms with E-state index < -0.39 is 42.5 Å². The predicted molar refractivity (Wildman–Crippen MR) is 225 cm³/mol. The molecule has 3 nitrogen and oxygen atoms in total. The Labute approximate surface area is 347 Å². The molecule has 0 radical (unpaired) electrons. The van der Waals surface area contributed by atoms with E-state index in [1.807, 2.05) is 109 Å². The van der Waals surface area contributed by atoms with Gasteiger partial charge in [0.15, 0.2) is 0 Å². The lowest BCUT2D eigenvalue weighted by atomic mass is 9.92. The van der Waals surface area contributed by atoms with E-state index in [1.54, 1.807) is 6.07 Å². The van der Waals surface area contributed by atoms with Crippen LogP contribution in [0.15, 0.2) is 182 Å². The summed E-state index contributed by atoms with van der Waals surface area (Å²) < 4.78 is 82.6. The van der Waals surface area contributed by atoms with Gasteiger partial charge in [0.1, 0.15) is 23.2 Å². The molecule has 2 amide bonds. The molecule has 0 bridgehead atoms. The first kappa shape index (κ1) is 41.2. The van der Waals surface area contributed by atoms with Gasteiger partial charge in [-0.05, 0) is 81.7 Å². The van der Waals surface area contributed by atoms with E-state index in [4.69, 9.17) is 0 Å². The monoisotopic (exact) mass is 878 g/mol. The molecule has 8 aromatic rings. The second-order valence-corrected chi connectivity index (χ2v) is 17.3. The molecule has 0 aliphatic heterocycles. The normalized spacial score (nSPS) is 11.9. The van der Waals surface area contributed by atoms with Crippen molar-refractivity contribution in [1.82, 2.24) is 0 Å². The number of halogens is 7. The largest absolute Gasteiger partial charge is 1.00 e. The average Bonchev–Trinajstić information content (AvgIpc) is 3.23. The minimum absolute atomic E-state index is 0. The number of fused-ring (bicyclic) bond motifs is 2. The number of benzene rings is 8. The molecule has 0 aliphatic rings. The smallest absolute Gasteiger partial charge is 0.416 e. The Morgan fingerprint density at radius 3 is 1.47 bits per heavy atom. The molecule has 0 aromatic heterocycles. The highest BCUT2D eigenvalue weighted by Crippen LogP contribution is 2.61. The van der Waals surface area contributed by atoms with Crippen molar-refractivity contribution in [3.05, 3.63) is 199 Å². The zero-order chi connectivity index (χ0) is 40.5. The molecule has 0 saturated carbocycles. The predicted octanol–water partition coefficient (Wildman–Crippen LogP) is 9.84. The number of rotatable bonds is 8. The van der Waals surface area contributed by atoms with Gasteiger partial charge in [0.25, 0.3) is 0 Å². The van der Waals surface area contributed by atoms with E-state index >= 15 is 0 Å². The van der Waals surface area contributed by atoms with Crippen molar-refractivity contribution in [2.75, 3.05) is 10.6 Å². The summed E-state index contributed by atoms with van der Waals surface area (Å²) in [6.07, 6.45) is -9.52. The number of anilines is 2. The zero-order valence-corrected chi connectivity index (χ0v) is 33.5. The maximum atomic E-state index is 13.9. The molecule has 59 heavy (non-hydrogen) atoms. The number of nitrogens with one attached hydrogen (secondary N) is 2. The van der Waals surface area contributed by atoms with Crippen LogP contribution < -0.4 is 43.5 Å². The minimum Gasteiger partial charge on any atom is -1.00 e. The molecular formula is C48H34BrF6N2OP. The maximum Gasteiger partial charge on any atom is 0.416 e. The van der Waals surface area contributed by atoms with Gasteiger partial charge < -0.3 is 27.6 Å². The average molecular weight is 880 g/mol. The van der Waals surface area contributed by atoms with Crippen molar-refractivity contribution in [2.24, 2.45) is 0 Å². The lowest BCUT2D eigenvalue weighted by Gasteiger charge is -2.31. The molecule has 0 fully saturated rings. The number of alkyl halides is 6. The molecule has 0 heterocycles. The van der Waals surface area contributed by atoms with E-state index in [9.17, 15) is 31.1 Å².